The normalized spacial score (nSPS) is 14.2. The number of benzene rings is 2. The molecule has 1 saturated heterocycles. The Bertz CT molecular complexity index is 794. The van der Waals surface area contributed by atoms with E-state index in [1.54, 1.807) is 21.9 Å². The van der Waals surface area contributed by atoms with Crippen molar-refractivity contribution in [2.45, 2.75) is 6.92 Å². The highest BCUT2D eigenvalue weighted by molar-refractivity contribution is 7.80. The molecule has 0 aromatic heterocycles. The number of halogens is 1. The molecule has 3 N–H and O–H groups in total. The Balaban J connectivity index is 1.85. The molecule has 1 fully saturated rings. The number of carbonyl (C=O) groups is 1. The van der Waals surface area contributed by atoms with Crippen molar-refractivity contribution in [2.24, 2.45) is 5.73 Å². The fourth-order valence-electron chi connectivity index (χ4n) is 2.68. The lowest BCUT2D eigenvalue weighted by molar-refractivity contribution is 0.256. The van der Waals surface area contributed by atoms with Crippen LogP contribution in [0.15, 0.2) is 42.5 Å². The van der Waals surface area contributed by atoms with Crippen molar-refractivity contribution in [1.82, 2.24) is 0 Å². The molecule has 0 atom stereocenters. The largest absolute Gasteiger partial charge is 0.376 e. The molecular formula is C17H17FN4OS. The quantitative estimate of drug-likeness (QED) is 0.839. The predicted octanol–water partition coefficient (Wildman–Crippen LogP) is 3.24. The van der Waals surface area contributed by atoms with Gasteiger partial charge in [-0.15, -0.1) is 0 Å². The molecule has 0 saturated carbocycles. The number of nitrogens with zero attached hydrogens (tertiary/aromatic N) is 2. The lowest BCUT2D eigenvalue weighted by Gasteiger charge is -2.20. The van der Waals surface area contributed by atoms with Crippen molar-refractivity contribution in [3.05, 3.63) is 53.8 Å². The number of nitrogens with two attached hydrogens (primary N) is 1. The number of thiocarbonyl (C=S) groups is 1. The molecule has 0 unspecified atom stereocenters. The van der Waals surface area contributed by atoms with Gasteiger partial charge in [0, 0.05) is 30.2 Å². The second kappa shape index (κ2) is 6.45. The van der Waals surface area contributed by atoms with E-state index in [0.29, 0.717) is 18.8 Å². The summed E-state index contributed by atoms with van der Waals surface area (Å²) >= 11 is 4.88. The average Bonchev–Trinajstić information content (AvgIpc) is 2.92. The van der Waals surface area contributed by atoms with E-state index in [1.165, 1.54) is 12.1 Å². The third-order valence-electron chi connectivity index (χ3n) is 3.94. The molecular weight excluding hydrogens is 327 g/mol. The van der Waals surface area contributed by atoms with E-state index in [2.05, 4.69) is 5.32 Å². The first-order valence-corrected chi connectivity index (χ1v) is 7.88. The summed E-state index contributed by atoms with van der Waals surface area (Å²) in [6.45, 7) is 3.02. The Kier molecular flexibility index (Phi) is 4.35. The van der Waals surface area contributed by atoms with E-state index in [0.717, 1.165) is 16.9 Å². The topological polar surface area (TPSA) is 61.6 Å². The molecule has 2 aromatic carbocycles. The molecule has 1 aliphatic heterocycles. The van der Waals surface area contributed by atoms with E-state index < -0.39 is 0 Å². The summed E-state index contributed by atoms with van der Waals surface area (Å²) < 4.78 is 13.1. The van der Waals surface area contributed by atoms with Gasteiger partial charge in [-0.3, -0.25) is 9.80 Å². The molecule has 7 heteroatoms. The summed E-state index contributed by atoms with van der Waals surface area (Å²) in [4.78, 5) is 16.0. The van der Waals surface area contributed by atoms with E-state index in [-0.39, 0.29) is 17.0 Å². The van der Waals surface area contributed by atoms with Crippen LogP contribution in [0.4, 0.5) is 26.2 Å². The van der Waals surface area contributed by atoms with Gasteiger partial charge >= 0.3 is 6.03 Å². The van der Waals surface area contributed by atoms with Crippen molar-refractivity contribution in [3.63, 3.8) is 0 Å². The summed E-state index contributed by atoms with van der Waals surface area (Å²) in [5.41, 5.74) is 8.72. The predicted molar refractivity (Wildman–Crippen MR) is 98.1 cm³/mol. The van der Waals surface area contributed by atoms with Crippen LogP contribution in [-0.2, 0) is 0 Å². The maximum absolute atomic E-state index is 13.1. The molecule has 2 aromatic rings. The number of carbonyl (C=O) groups excluding carboxylic acids is 1. The minimum Gasteiger partial charge on any atom is -0.376 e. The number of nitrogens with one attached hydrogen (secondary N) is 1. The standard InChI is InChI=1S/C17H17FN4OS/c1-11-2-5-14(10-15(11)20-16(19)24)22-9-8-21(17(22)23)13-6-3-12(18)4-7-13/h2-7,10H,8-9H2,1H3,(H3,19,20,24). The van der Waals surface area contributed by atoms with Crippen molar-refractivity contribution >= 4 is 40.4 Å². The fourth-order valence-corrected chi connectivity index (χ4v) is 2.79. The SMILES string of the molecule is Cc1ccc(N2CCN(c3ccc(F)cc3)C2=O)cc1NC(N)=S. The van der Waals surface area contributed by atoms with Crippen LogP contribution in [0.5, 0.6) is 0 Å². The van der Waals surface area contributed by atoms with E-state index in [4.69, 9.17) is 18.0 Å². The highest BCUT2D eigenvalue weighted by Gasteiger charge is 2.30. The first-order valence-electron chi connectivity index (χ1n) is 7.47. The molecule has 0 radical (unpaired) electrons. The molecule has 124 valence electrons. The summed E-state index contributed by atoms with van der Waals surface area (Å²) in [5, 5.41) is 3.09. The number of anilines is 3. The fraction of sp³-hybridized carbons (Fsp3) is 0.176. The van der Waals surface area contributed by atoms with Gasteiger partial charge in [-0.2, -0.15) is 0 Å². The molecule has 5 nitrogen and oxygen atoms in total. The second-order valence-corrected chi connectivity index (χ2v) is 5.99. The first-order chi connectivity index (χ1) is 11.5. The third kappa shape index (κ3) is 3.16. The summed E-state index contributed by atoms with van der Waals surface area (Å²) in [7, 11) is 0. The molecule has 0 spiro atoms. The van der Waals surface area contributed by atoms with Gasteiger partial charge in [0.1, 0.15) is 5.82 Å². The van der Waals surface area contributed by atoms with Gasteiger partial charge in [0.05, 0.1) is 0 Å². The lowest BCUT2D eigenvalue weighted by atomic mass is 10.1. The van der Waals surface area contributed by atoms with Gasteiger partial charge in [-0.05, 0) is 61.1 Å². The summed E-state index contributed by atoms with van der Waals surface area (Å²) in [6, 6.07) is 11.4. The Hall–Kier alpha value is -2.67. The number of hydrogen-bond donors (Lipinski definition) is 2. The zero-order valence-electron chi connectivity index (χ0n) is 13.1. The molecule has 3 rings (SSSR count). The molecule has 2 amide bonds. The molecule has 0 aliphatic carbocycles. The zero-order chi connectivity index (χ0) is 17.3. The van der Waals surface area contributed by atoms with E-state index >= 15 is 0 Å². The molecule has 1 aliphatic rings. The van der Waals surface area contributed by atoms with Gasteiger partial charge in [0.2, 0.25) is 0 Å². The van der Waals surface area contributed by atoms with Gasteiger partial charge < -0.3 is 11.1 Å². The van der Waals surface area contributed by atoms with Crippen LogP contribution in [-0.4, -0.2) is 24.2 Å². The van der Waals surface area contributed by atoms with E-state index in [1.807, 2.05) is 25.1 Å². The number of hydrogen-bond acceptors (Lipinski definition) is 2. The van der Waals surface area contributed by atoms with Gasteiger partial charge in [0.25, 0.3) is 0 Å². The molecule has 1 heterocycles. The van der Waals surface area contributed by atoms with Crippen LogP contribution in [0.1, 0.15) is 5.56 Å². The highest BCUT2D eigenvalue weighted by atomic mass is 32.1. The van der Waals surface area contributed by atoms with Crippen LogP contribution >= 0.6 is 12.2 Å². The number of aryl methyl sites for hydroxylation is 1. The first kappa shape index (κ1) is 16.2. The minimum absolute atomic E-state index is 0.147. The van der Waals surface area contributed by atoms with Crippen molar-refractivity contribution in [3.8, 4) is 0 Å². The van der Waals surface area contributed by atoms with Gasteiger partial charge in [-0.1, -0.05) is 6.07 Å². The van der Waals surface area contributed by atoms with Gasteiger partial charge in [0.15, 0.2) is 5.11 Å². The molecule has 24 heavy (non-hydrogen) atoms. The molecule has 0 bridgehead atoms. The van der Waals surface area contributed by atoms with Crippen LogP contribution in [0, 0.1) is 12.7 Å². The van der Waals surface area contributed by atoms with Crippen molar-refractivity contribution in [1.29, 1.82) is 0 Å². The number of rotatable bonds is 3. The Labute approximate surface area is 144 Å². The zero-order valence-corrected chi connectivity index (χ0v) is 13.9. The van der Waals surface area contributed by atoms with Crippen LogP contribution in [0.25, 0.3) is 0 Å². The van der Waals surface area contributed by atoms with Crippen LogP contribution in [0.3, 0.4) is 0 Å². The van der Waals surface area contributed by atoms with Crippen molar-refractivity contribution < 1.29 is 9.18 Å². The number of urea groups is 1. The third-order valence-corrected chi connectivity index (χ3v) is 4.04. The average molecular weight is 344 g/mol. The maximum atomic E-state index is 13.1. The number of amides is 2. The summed E-state index contributed by atoms with van der Waals surface area (Å²) in [5.74, 6) is -0.325. The lowest BCUT2D eigenvalue weighted by Crippen LogP contribution is -2.31. The summed E-state index contributed by atoms with van der Waals surface area (Å²) in [6.07, 6.45) is 0. The maximum Gasteiger partial charge on any atom is 0.329 e. The smallest absolute Gasteiger partial charge is 0.329 e. The minimum atomic E-state index is -0.325. The van der Waals surface area contributed by atoms with Crippen molar-refractivity contribution in [2.75, 3.05) is 28.2 Å². The second-order valence-electron chi connectivity index (χ2n) is 5.55. The highest BCUT2D eigenvalue weighted by Crippen LogP contribution is 2.28. The Morgan fingerprint density at radius 3 is 2.33 bits per heavy atom. The van der Waals surface area contributed by atoms with Crippen LogP contribution < -0.4 is 20.9 Å². The van der Waals surface area contributed by atoms with Gasteiger partial charge in [-0.25, -0.2) is 9.18 Å². The Morgan fingerprint density at radius 1 is 1.12 bits per heavy atom. The van der Waals surface area contributed by atoms with Crippen LogP contribution in [0.2, 0.25) is 0 Å². The Morgan fingerprint density at radius 2 is 1.71 bits per heavy atom. The van der Waals surface area contributed by atoms with E-state index in [9.17, 15) is 9.18 Å². The monoisotopic (exact) mass is 344 g/mol.